The molecule has 10 nitrogen and oxygen atoms in total. The Hall–Kier alpha value is -3.61. The van der Waals surface area contributed by atoms with Gasteiger partial charge in [-0.1, -0.05) is 32.0 Å². The van der Waals surface area contributed by atoms with Crippen molar-refractivity contribution < 1.29 is 28.7 Å². The molecule has 0 bridgehead atoms. The summed E-state index contributed by atoms with van der Waals surface area (Å²) < 4.78 is 10.3. The van der Waals surface area contributed by atoms with E-state index in [4.69, 9.17) is 9.47 Å². The van der Waals surface area contributed by atoms with Gasteiger partial charge in [0.15, 0.2) is 0 Å². The lowest BCUT2D eigenvalue weighted by atomic mass is 9.97. The van der Waals surface area contributed by atoms with E-state index in [9.17, 15) is 24.4 Å². The number of nitrogens with zero attached hydrogens (tertiary/aromatic N) is 2. The van der Waals surface area contributed by atoms with Crippen LogP contribution in [0.3, 0.4) is 0 Å². The molecule has 0 aliphatic carbocycles. The summed E-state index contributed by atoms with van der Waals surface area (Å²) in [5.74, 6) is -1.59. The second-order valence-corrected chi connectivity index (χ2v) is 10.5. The topological polar surface area (TPSA) is 138 Å². The lowest BCUT2D eigenvalue weighted by Gasteiger charge is -2.33. The van der Waals surface area contributed by atoms with Crippen molar-refractivity contribution in [1.29, 1.82) is 5.26 Å². The molecule has 1 rings (SSSR count). The van der Waals surface area contributed by atoms with Crippen LogP contribution in [0.2, 0.25) is 0 Å². The van der Waals surface area contributed by atoms with Gasteiger partial charge in [-0.25, -0.2) is 4.79 Å². The highest BCUT2D eigenvalue weighted by Gasteiger charge is 2.36. The van der Waals surface area contributed by atoms with Crippen LogP contribution < -0.4 is 10.6 Å². The van der Waals surface area contributed by atoms with Crippen LogP contribution >= 0.6 is 0 Å². The van der Waals surface area contributed by atoms with Gasteiger partial charge in [0.05, 0.1) is 19.1 Å². The zero-order chi connectivity index (χ0) is 29.0. The Morgan fingerprint density at radius 1 is 1.11 bits per heavy atom. The third kappa shape index (κ3) is 10.8. The van der Waals surface area contributed by atoms with Gasteiger partial charge in [-0.2, -0.15) is 5.26 Å². The Balaban J connectivity index is 3.41. The maximum atomic E-state index is 13.9. The minimum absolute atomic E-state index is 0.000818. The third-order valence-corrected chi connectivity index (χ3v) is 5.56. The summed E-state index contributed by atoms with van der Waals surface area (Å²) in [6.45, 7) is 14.3. The largest absolute Gasteiger partial charge is 0.466 e. The van der Waals surface area contributed by atoms with Gasteiger partial charge in [0.2, 0.25) is 11.8 Å². The SMILES string of the molecule is CCOC(=O)CCNC(=O)C(c1ccc(C)c(C)c1)N(CC#N)C(=O)C(CC(C)C)NC(=O)OC(C)(C)C. The van der Waals surface area contributed by atoms with Crippen molar-refractivity contribution in [2.75, 3.05) is 19.7 Å². The predicted octanol–water partition coefficient (Wildman–Crippen LogP) is 3.71. The number of benzene rings is 1. The first-order valence-corrected chi connectivity index (χ1v) is 12.9. The summed E-state index contributed by atoms with van der Waals surface area (Å²) in [4.78, 5) is 52.8. The van der Waals surface area contributed by atoms with E-state index >= 15 is 0 Å². The van der Waals surface area contributed by atoms with Crippen LogP contribution in [-0.2, 0) is 23.9 Å². The van der Waals surface area contributed by atoms with E-state index in [-0.39, 0.29) is 31.9 Å². The van der Waals surface area contributed by atoms with Gasteiger partial charge in [0.1, 0.15) is 24.2 Å². The van der Waals surface area contributed by atoms with Crippen LogP contribution in [0, 0.1) is 31.1 Å². The number of ether oxygens (including phenoxy) is 2. The highest BCUT2D eigenvalue weighted by atomic mass is 16.6. The standard InChI is InChI=1S/C28H42N4O6/c1-9-37-23(33)12-14-30-25(34)24(21-11-10-19(4)20(5)17-21)32(15-13-29)26(35)22(16-18(2)3)31-27(36)38-28(6,7)8/h10-11,17-18,22,24H,9,12,14-16H2,1-8H3,(H,30,34)(H,31,36). The summed E-state index contributed by atoms with van der Waals surface area (Å²) in [7, 11) is 0. The molecule has 1 aromatic rings. The van der Waals surface area contributed by atoms with Gasteiger partial charge < -0.3 is 25.0 Å². The molecule has 2 unspecified atom stereocenters. The molecule has 10 heteroatoms. The fourth-order valence-corrected chi connectivity index (χ4v) is 3.74. The monoisotopic (exact) mass is 530 g/mol. The molecule has 0 saturated carbocycles. The molecule has 210 valence electrons. The number of carbonyl (C=O) groups excluding carboxylic acids is 4. The molecule has 0 radical (unpaired) electrons. The average Bonchev–Trinajstić information content (AvgIpc) is 2.78. The van der Waals surface area contributed by atoms with Crippen LogP contribution in [-0.4, -0.2) is 60.1 Å². The first-order chi connectivity index (χ1) is 17.7. The lowest BCUT2D eigenvalue weighted by molar-refractivity contribution is -0.144. The van der Waals surface area contributed by atoms with Crippen LogP contribution in [0.1, 0.15) is 77.1 Å². The zero-order valence-electron chi connectivity index (χ0n) is 23.8. The number of hydrogen-bond donors (Lipinski definition) is 2. The van der Waals surface area contributed by atoms with Gasteiger partial charge in [-0.15, -0.1) is 0 Å². The number of nitriles is 1. The van der Waals surface area contributed by atoms with Crippen LogP contribution in [0.25, 0.3) is 0 Å². The Kier molecular flexibility index (Phi) is 12.8. The van der Waals surface area contributed by atoms with Crippen molar-refractivity contribution in [3.8, 4) is 6.07 Å². The Labute approximate surface area is 226 Å². The van der Waals surface area contributed by atoms with E-state index in [0.717, 1.165) is 16.0 Å². The van der Waals surface area contributed by atoms with E-state index in [2.05, 4.69) is 10.6 Å². The molecule has 38 heavy (non-hydrogen) atoms. The summed E-state index contributed by atoms with van der Waals surface area (Å²) in [6.07, 6.45) is -0.541. The van der Waals surface area contributed by atoms with E-state index in [1.807, 2.05) is 39.8 Å². The number of hydrogen-bond acceptors (Lipinski definition) is 7. The van der Waals surface area contributed by atoms with E-state index in [1.54, 1.807) is 39.8 Å². The van der Waals surface area contributed by atoms with Crippen molar-refractivity contribution in [2.24, 2.45) is 5.92 Å². The Morgan fingerprint density at radius 2 is 1.76 bits per heavy atom. The molecule has 3 amide bonds. The van der Waals surface area contributed by atoms with Gasteiger partial charge in [0.25, 0.3) is 0 Å². The van der Waals surface area contributed by atoms with Gasteiger partial charge in [-0.3, -0.25) is 14.4 Å². The molecule has 0 aromatic heterocycles. The van der Waals surface area contributed by atoms with Crippen molar-refractivity contribution in [3.63, 3.8) is 0 Å². The molecular weight excluding hydrogens is 488 g/mol. The fourth-order valence-electron chi connectivity index (χ4n) is 3.74. The summed E-state index contributed by atoms with van der Waals surface area (Å²) in [5, 5.41) is 14.9. The molecule has 0 aliphatic rings. The van der Waals surface area contributed by atoms with Gasteiger partial charge in [-0.05, 0) is 70.6 Å². The maximum absolute atomic E-state index is 13.9. The molecule has 0 heterocycles. The number of rotatable bonds is 12. The minimum Gasteiger partial charge on any atom is -0.466 e. The van der Waals surface area contributed by atoms with E-state index in [0.29, 0.717) is 5.56 Å². The van der Waals surface area contributed by atoms with Crippen molar-refractivity contribution >= 4 is 23.9 Å². The van der Waals surface area contributed by atoms with Gasteiger partial charge in [0, 0.05) is 6.54 Å². The summed E-state index contributed by atoms with van der Waals surface area (Å²) >= 11 is 0. The minimum atomic E-state index is -1.17. The van der Waals surface area contributed by atoms with Crippen molar-refractivity contribution in [3.05, 3.63) is 34.9 Å². The molecule has 0 spiro atoms. The highest BCUT2D eigenvalue weighted by molar-refractivity contribution is 5.92. The number of nitrogens with one attached hydrogen (secondary N) is 2. The zero-order valence-corrected chi connectivity index (χ0v) is 23.8. The second-order valence-electron chi connectivity index (χ2n) is 10.5. The molecule has 2 N–H and O–H groups in total. The molecule has 2 atom stereocenters. The number of esters is 1. The molecule has 0 fully saturated rings. The highest BCUT2D eigenvalue weighted by Crippen LogP contribution is 2.25. The predicted molar refractivity (Wildman–Crippen MR) is 143 cm³/mol. The molecule has 1 aromatic carbocycles. The van der Waals surface area contributed by atoms with Crippen molar-refractivity contribution in [2.45, 2.75) is 85.9 Å². The fraction of sp³-hybridized carbons (Fsp3) is 0.607. The summed E-state index contributed by atoms with van der Waals surface area (Å²) in [6, 6.07) is 5.14. The van der Waals surface area contributed by atoms with Gasteiger partial charge >= 0.3 is 12.1 Å². The average molecular weight is 531 g/mol. The Bertz CT molecular complexity index is 1030. The maximum Gasteiger partial charge on any atom is 0.408 e. The normalized spacial score (nSPS) is 12.6. The number of alkyl carbamates (subject to hydrolysis) is 1. The molecule has 0 saturated heterocycles. The smallest absolute Gasteiger partial charge is 0.408 e. The third-order valence-electron chi connectivity index (χ3n) is 5.56. The van der Waals surface area contributed by atoms with E-state index in [1.165, 1.54) is 0 Å². The van der Waals surface area contributed by atoms with Crippen molar-refractivity contribution in [1.82, 2.24) is 15.5 Å². The molecular formula is C28H42N4O6. The Morgan fingerprint density at radius 3 is 2.29 bits per heavy atom. The van der Waals surface area contributed by atoms with E-state index < -0.39 is 48.1 Å². The van der Waals surface area contributed by atoms with Crippen LogP contribution in [0.4, 0.5) is 4.79 Å². The number of carbonyl (C=O) groups is 4. The number of amides is 3. The second kappa shape index (κ2) is 15.0. The summed E-state index contributed by atoms with van der Waals surface area (Å²) in [5.41, 5.74) is 1.63. The first-order valence-electron chi connectivity index (χ1n) is 12.9. The molecule has 0 aliphatic heterocycles. The quantitative estimate of drug-likeness (QED) is 0.310. The number of aryl methyl sites for hydroxylation is 2. The van der Waals surface area contributed by atoms with Crippen LogP contribution in [0.15, 0.2) is 18.2 Å². The van der Waals surface area contributed by atoms with Crippen LogP contribution in [0.5, 0.6) is 0 Å². The first kappa shape index (κ1) is 32.4. The lowest BCUT2D eigenvalue weighted by Crippen LogP contribution is -2.53.